The van der Waals surface area contributed by atoms with Crippen molar-refractivity contribution in [2.45, 2.75) is 30.9 Å². The summed E-state index contributed by atoms with van der Waals surface area (Å²) in [5.41, 5.74) is 0. The van der Waals surface area contributed by atoms with Gasteiger partial charge < -0.3 is 10.4 Å². The van der Waals surface area contributed by atoms with Crippen LogP contribution in [0.25, 0.3) is 0 Å². The largest absolute Gasteiger partial charge is 0.477 e. The Morgan fingerprint density at radius 3 is 1.44 bits per heavy atom. The number of halogens is 7. The van der Waals surface area contributed by atoms with Crippen LogP contribution in [0.1, 0.15) is 12.8 Å². The quantitative estimate of drug-likeness (QED) is 0.765. The molecule has 0 aromatic carbocycles. The summed E-state index contributed by atoms with van der Waals surface area (Å²) >= 11 is 0. The Hall–Kier alpha value is -1.06. The minimum Gasteiger partial charge on any atom is -0.477 e. The van der Waals surface area contributed by atoms with E-state index in [1.165, 1.54) is 25.9 Å². The minimum atomic E-state index is -6.60. The number of carbonyl (C=O) groups is 1. The molecule has 0 bridgehead atoms. The van der Waals surface area contributed by atoms with Crippen molar-refractivity contribution < 1.29 is 40.6 Å². The molecule has 0 amide bonds. The molecule has 18 heavy (non-hydrogen) atoms. The minimum absolute atomic E-state index is 1.25. The van der Waals surface area contributed by atoms with Gasteiger partial charge in [-0.25, -0.2) is 4.79 Å². The van der Waals surface area contributed by atoms with Crippen LogP contribution in [-0.4, -0.2) is 42.2 Å². The lowest BCUT2D eigenvalue weighted by molar-refractivity contribution is -0.347. The topological polar surface area (TPSA) is 49.3 Å². The molecule has 0 saturated carbocycles. The lowest BCUT2D eigenvalue weighted by atomic mass is 10.1. The molecule has 0 aromatic heterocycles. The number of carboxylic acids is 1. The fraction of sp³-hybridized carbons (Fsp3) is 0.875. The van der Waals surface area contributed by atoms with E-state index in [0.29, 0.717) is 0 Å². The number of alkyl halides is 7. The molecular formula is C8H10F7NO2. The van der Waals surface area contributed by atoms with E-state index in [1.54, 1.807) is 0 Å². The van der Waals surface area contributed by atoms with Crippen molar-refractivity contribution in [2.24, 2.45) is 0 Å². The van der Waals surface area contributed by atoms with Crippen LogP contribution in [0.2, 0.25) is 0 Å². The van der Waals surface area contributed by atoms with Crippen LogP contribution in [0.15, 0.2) is 0 Å². The molecule has 1 saturated heterocycles. The van der Waals surface area contributed by atoms with Gasteiger partial charge in [-0.15, -0.1) is 0 Å². The maximum absolute atomic E-state index is 11.8. The first-order chi connectivity index (χ1) is 7.94. The molecular weight excluding hydrogens is 275 g/mol. The molecule has 1 rings (SSSR count). The summed E-state index contributed by atoms with van der Waals surface area (Å²) in [5, 5.41) is 10.6. The van der Waals surface area contributed by atoms with Gasteiger partial charge in [0, 0.05) is 0 Å². The van der Waals surface area contributed by atoms with Crippen molar-refractivity contribution in [2.75, 3.05) is 13.1 Å². The van der Waals surface area contributed by atoms with Crippen molar-refractivity contribution in [3.8, 4) is 0 Å². The molecule has 0 aromatic rings. The summed E-state index contributed by atoms with van der Waals surface area (Å²) in [7, 11) is 0. The number of carboxylic acid groups (broad SMARTS) is 1. The van der Waals surface area contributed by atoms with Crippen LogP contribution in [0.4, 0.5) is 30.7 Å². The highest BCUT2D eigenvalue weighted by Gasteiger charge is 2.76. The molecule has 0 atom stereocenters. The van der Waals surface area contributed by atoms with Crippen molar-refractivity contribution in [1.29, 1.82) is 0 Å². The number of rotatable bonds is 2. The van der Waals surface area contributed by atoms with Gasteiger partial charge in [-0.2, -0.15) is 30.7 Å². The Bertz CT molecular complexity index is 278. The summed E-state index contributed by atoms with van der Waals surface area (Å²) in [4.78, 5) is 9.38. The van der Waals surface area contributed by atoms with E-state index in [4.69, 9.17) is 5.11 Å². The molecule has 0 aliphatic carbocycles. The number of hydrogen-bond donors (Lipinski definition) is 2. The third-order valence-electron chi connectivity index (χ3n) is 1.98. The average Bonchev–Trinajstić information content (AvgIpc) is 2.72. The van der Waals surface area contributed by atoms with Crippen molar-refractivity contribution >= 4 is 5.97 Å². The lowest BCUT2D eigenvalue weighted by Crippen LogP contribution is -2.56. The Morgan fingerprint density at radius 2 is 1.33 bits per heavy atom. The average molecular weight is 285 g/mol. The van der Waals surface area contributed by atoms with Gasteiger partial charge in [-0.1, -0.05) is 0 Å². The zero-order chi connectivity index (χ0) is 14.6. The molecule has 3 nitrogen and oxygen atoms in total. The molecule has 0 radical (unpaired) electrons. The third-order valence-corrected chi connectivity index (χ3v) is 1.98. The second-order valence-electron chi connectivity index (χ2n) is 3.41. The standard InChI is InChI=1S/C4HF7O2.C4H9N/c5-2(6,1(12)13)3(7,8)4(9,10)11;1-2-4-5-3-1/h(H,12,13);5H,1-4H2. The van der Waals surface area contributed by atoms with Crippen LogP contribution in [0.3, 0.4) is 0 Å². The van der Waals surface area contributed by atoms with Crippen LogP contribution in [-0.2, 0) is 4.79 Å². The summed E-state index contributed by atoms with van der Waals surface area (Å²) in [6.45, 7) is 2.50. The molecule has 0 unspecified atom stereocenters. The summed E-state index contributed by atoms with van der Waals surface area (Å²) < 4.78 is 80.5. The van der Waals surface area contributed by atoms with Crippen molar-refractivity contribution in [3.05, 3.63) is 0 Å². The van der Waals surface area contributed by atoms with Crippen molar-refractivity contribution in [1.82, 2.24) is 5.32 Å². The number of aliphatic carboxylic acids is 1. The Kier molecular flexibility index (Phi) is 5.38. The molecule has 1 fully saturated rings. The van der Waals surface area contributed by atoms with Gasteiger partial charge in [0.25, 0.3) is 0 Å². The third kappa shape index (κ3) is 3.72. The van der Waals surface area contributed by atoms with Gasteiger partial charge in [0.15, 0.2) is 0 Å². The van der Waals surface area contributed by atoms with Crippen LogP contribution >= 0.6 is 0 Å². The smallest absolute Gasteiger partial charge is 0.460 e. The molecule has 108 valence electrons. The molecule has 1 heterocycles. The van der Waals surface area contributed by atoms with E-state index in [9.17, 15) is 35.5 Å². The van der Waals surface area contributed by atoms with E-state index in [1.807, 2.05) is 0 Å². The fourth-order valence-corrected chi connectivity index (χ4v) is 0.937. The fourth-order valence-electron chi connectivity index (χ4n) is 0.937. The van der Waals surface area contributed by atoms with Crippen LogP contribution in [0, 0.1) is 0 Å². The van der Waals surface area contributed by atoms with E-state index in [-0.39, 0.29) is 0 Å². The van der Waals surface area contributed by atoms with Gasteiger partial charge in [0.05, 0.1) is 0 Å². The highest BCUT2D eigenvalue weighted by atomic mass is 19.4. The monoisotopic (exact) mass is 285 g/mol. The summed E-state index contributed by atoms with van der Waals surface area (Å²) in [6.07, 6.45) is -3.82. The second-order valence-corrected chi connectivity index (χ2v) is 3.41. The lowest BCUT2D eigenvalue weighted by Gasteiger charge is -2.24. The van der Waals surface area contributed by atoms with Gasteiger partial charge in [-0.3, -0.25) is 0 Å². The zero-order valence-corrected chi connectivity index (χ0v) is 8.83. The van der Waals surface area contributed by atoms with Gasteiger partial charge in [0.2, 0.25) is 0 Å². The van der Waals surface area contributed by atoms with E-state index in [0.717, 1.165) is 0 Å². The van der Waals surface area contributed by atoms with Gasteiger partial charge >= 0.3 is 24.0 Å². The summed E-state index contributed by atoms with van der Waals surface area (Å²) in [5.74, 6) is -16.3. The van der Waals surface area contributed by atoms with Gasteiger partial charge in [0.1, 0.15) is 0 Å². The maximum atomic E-state index is 11.8. The summed E-state index contributed by atoms with van der Waals surface area (Å²) in [6, 6.07) is 0. The highest BCUT2D eigenvalue weighted by Crippen LogP contribution is 2.46. The first kappa shape index (κ1) is 16.9. The zero-order valence-electron chi connectivity index (χ0n) is 8.83. The first-order valence-electron chi connectivity index (χ1n) is 4.71. The Morgan fingerprint density at radius 1 is 0.944 bits per heavy atom. The molecule has 0 spiro atoms. The predicted molar refractivity (Wildman–Crippen MR) is 45.7 cm³/mol. The highest BCUT2D eigenvalue weighted by molar-refractivity contribution is 5.76. The first-order valence-corrected chi connectivity index (χ1v) is 4.71. The second kappa shape index (κ2) is 5.72. The predicted octanol–water partition coefficient (Wildman–Crippen LogP) is 2.27. The van der Waals surface area contributed by atoms with Crippen molar-refractivity contribution in [3.63, 3.8) is 0 Å². The van der Waals surface area contributed by atoms with Gasteiger partial charge in [-0.05, 0) is 25.9 Å². The normalized spacial score (nSPS) is 17.1. The number of nitrogens with one attached hydrogen (secondary N) is 1. The Labute approximate surface area is 97.0 Å². The molecule has 10 heteroatoms. The van der Waals surface area contributed by atoms with E-state index in [2.05, 4.69) is 5.32 Å². The SMILES string of the molecule is C1CCNC1.O=C(O)C(F)(F)C(F)(F)C(F)(F)F. The molecule has 1 aliphatic rings. The van der Waals surface area contributed by atoms with Crippen LogP contribution in [0.5, 0.6) is 0 Å². The van der Waals surface area contributed by atoms with E-state index >= 15 is 0 Å². The Balaban J connectivity index is 0.000000473. The van der Waals surface area contributed by atoms with E-state index < -0.39 is 24.0 Å². The maximum Gasteiger partial charge on any atom is 0.460 e. The number of hydrogen-bond acceptors (Lipinski definition) is 2. The van der Waals surface area contributed by atoms with Crippen LogP contribution < -0.4 is 5.32 Å². The molecule has 1 aliphatic heterocycles. The molecule has 2 N–H and O–H groups in total.